The van der Waals surface area contributed by atoms with Crippen LogP contribution in [0.25, 0.3) is 0 Å². The number of H-pyrrole nitrogens is 1. The van der Waals surface area contributed by atoms with Gasteiger partial charge in [-0.05, 0) is 11.6 Å². The Morgan fingerprint density at radius 1 is 1.47 bits per heavy atom. The van der Waals surface area contributed by atoms with Crippen molar-refractivity contribution in [2.75, 3.05) is 5.73 Å². The molecule has 0 aliphatic heterocycles. The topological polar surface area (TPSA) is 83.8 Å². The van der Waals surface area contributed by atoms with Crippen LogP contribution in [0.15, 0.2) is 34.9 Å². The lowest BCUT2D eigenvalue weighted by atomic mass is 10.2. The molecule has 5 nitrogen and oxygen atoms in total. The van der Waals surface area contributed by atoms with Gasteiger partial charge in [0, 0.05) is 11.0 Å². The first-order chi connectivity index (χ1) is 8.18. The van der Waals surface area contributed by atoms with Gasteiger partial charge in [-0.2, -0.15) is 5.10 Å². The predicted octanol–water partition coefficient (Wildman–Crippen LogP) is 1.68. The van der Waals surface area contributed by atoms with Gasteiger partial charge in [-0.25, -0.2) is 0 Å². The first-order valence-corrected chi connectivity index (χ1v) is 5.78. The number of hydrogen-bond donors (Lipinski definition) is 3. The van der Waals surface area contributed by atoms with Gasteiger partial charge >= 0.3 is 0 Å². The van der Waals surface area contributed by atoms with E-state index in [2.05, 4.69) is 31.4 Å². The van der Waals surface area contributed by atoms with E-state index in [4.69, 9.17) is 5.73 Å². The number of nitrogens with zero attached hydrogens (tertiary/aromatic N) is 1. The van der Waals surface area contributed by atoms with Gasteiger partial charge < -0.3 is 11.1 Å². The molecule has 6 heteroatoms. The smallest absolute Gasteiger partial charge is 0.256 e. The predicted molar refractivity (Wildman–Crippen MR) is 68.3 cm³/mol. The minimum absolute atomic E-state index is 0.244. The van der Waals surface area contributed by atoms with E-state index in [1.54, 1.807) is 0 Å². The fourth-order valence-electron chi connectivity index (χ4n) is 1.39. The Hall–Kier alpha value is -1.82. The molecule has 0 aliphatic carbocycles. The summed E-state index contributed by atoms with van der Waals surface area (Å²) in [4.78, 5) is 11.7. The Morgan fingerprint density at radius 2 is 2.24 bits per heavy atom. The summed E-state index contributed by atoms with van der Waals surface area (Å²) in [5, 5.41) is 8.99. The van der Waals surface area contributed by atoms with Crippen molar-refractivity contribution in [2.24, 2.45) is 0 Å². The van der Waals surface area contributed by atoms with E-state index in [1.807, 2.05) is 24.3 Å². The Bertz CT molecular complexity index is 538. The highest BCUT2D eigenvalue weighted by atomic mass is 79.9. The fourth-order valence-corrected chi connectivity index (χ4v) is 1.81. The van der Waals surface area contributed by atoms with Gasteiger partial charge in [0.1, 0.15) is 11.4 Å². The Labute approximate surface area is 107 Å². The lowest BCUT2D eigenvalue weighted by Crippen LogP contribution is -2.23. The van der Waals surface area contributed by atoms with Crippen LogP contribution in [0.1, 0.15) is 15.9 Å². The standard InChI is InChI=1S/C11H11BrN4O/c12-9-4-2-1-3-7(9)5-14-11(17)8-6-15-16-10(8)13/h1-4,6H,5H2,(H,14,17)(H3,13,15,16). The third-order valence-corrected chi connectivity index (χ3v) is 3.08. The van der Waals surface area contributed by atoms with Gasteiger partial charge in [-0.1, -0.05) is 34.1 Å². The van der Waals surface area contributed by atoms with Gasteiger partial charge in [0.05, 0.1) is 6.20 Å². The number of nitrogens with one attached hydrogen (secondary N) is 2. The van der Waals surface area contributed by atoms with Crippen molar-refractivity contribution in [3.63, 3.8) is 0 Å². The molecule has 0 fully saturated rings. The van der Waals surface area contributed by atoms with Crippen LogP contribution >= 0.6 is 15.9 Å². The lowest BCUT2D eigenvalue weighted by molar-refractivity contribution is 0.0952. The number of benzene rings is 1. The van der Waals surface area contributed by atoms with Crippen molar-refractivity contribution in [1.82, 2.24) is 15.5 Å². The van der Waals surface area contributed by atoms with Gasteiger partial charge in [-0.15, -0.1) is 0 Å². The fraction of sp³-hybridized carbons (Fsp3) is 0.0909. The number of nitrogen functional groups attached to an aromatic ring is 1. The highest BCUT2D eigenvalue weighted by Crippen LogP contribution is 2.15. The van der Waals surface area contributed by atoms with E-state index >= 15 is 0 Å². The van der Waals surface area contributed by atoms with E-state index in [-0.39, 0.29) is 11.7 Å². The maximum Gasteiger partial charge on any atom is 0.256 e. The van der Waals surface area contributed by atoms with E-state index < -0.39 is 0 Å². The monoisotopic (exact) mass is 294 g/mol. The zero-order chi connectivity index (χ0) is 12.3. The van der Waals surface area contributed by atoms with Crippen molar-refractivity contribution >= 4 is 27.7 Å². The summed E-state index contributed by atoms with van der Waals surface area (Å²) in [6.45, 7) is 0.435. The SMILES string of the molecule is Nc1[nH]ncc1C(=O)NCc1ccccc1Br. The molecule has 1 aromatic heterocycles. The number of amides is 1. The van der Waals surface area contributed by atoms with Crippen molar-refractivity contribution in [2.45, 2.75) is 6.54 Å². The van der Waals surface area contributed by atoms with Crippen LogP contribution in [0.3, 0.4) is 0 Å². The average Bonchev–Trinajstić information content (AvgIpc) is 2.74. The van der Waals surface area contributed by atoms with Crippen LogP contribution in [0.2, 0.25) is 0 Å². The van der Waals surface area contributed by atoms with Crippen LogP contribution in [0, 0.1) is 0 Å². The number of carbonyl (C=O) groups excluding carboxylic acids is 1. The largest absolute Gasteiger partial charge is 0.383 e. The van der Waals surface area contributed by atoms with Crippen molar-refractivity contribution in [1.29, 1.82) is 0 Å². The molecule has 0 aliphatic rings. The molecule has 0 spiro atoms. The molecule has 88 valence electrons. The Balaban J connectivity index is 2.02. The third kappa shape index (κ3) is 2.65. The first kappa shape index (κ1) is 11.7. The number of nitrogens with two attached hydrogens (primary N) is 1. The molecular formula is C11H11BrN4O. The highest BCUT2D eigenvalue weighted by Gasteiger charge is 2.11. The van der Waals surface area contributed by atoms with Crippen molar-refractivity contribution in [3.8, 4) is 0 Å². The Kier molecular flexibility index (Phi) is 3.43. The van der Waals surface area contributed by atoms with Crippen molar-refractivity contribution < 1.29 is 4.79 Å². The maximum atomic E-state index is 11.7. The van der Waals surface area contributed by atoms with E-state index in [9.17, 15) is 4.79 Å². The lowest BCUT2D eigenvalue weighted by Gasteiger charge is -2.06. The van der Waals surface area contributed by atoms with Gasteiger partial charge in [0.2, 0.25) is 0 Å². The summed E-state index contributed by atoms with van der Waals surface area (Å²) < 4.78 is 0.959. The average molecular weight is 295 g/mol. The zero-order valence-corrected chi connectivity index (χ0v) is 10.5. The van der Waals surface area contributed by atoms with Crippen LogP contribution in [0.4, 0.5) is 5.82 Å². The molecule has 0 radical (unpaired) electrons. The maximum absolute atomic E-state index is 11.7. The summed E-state index contributed by atoms with van der Waals surface area (Å²) in [5.74, 6) is 0.0293. The second-order valence-corrected chi connectivity index (χ2v) is 4.33. The molecule has 2 rings (SSSR count). The van der Waals surface area contributed by atoms with Crippen LogP contribution in [-0.4, -0.2) is 16.1 Å². The van der Waals surface area contributed by atoms with E-state index in [0.717, 1.165) is 10.0 Å². The molecule has 0 bridgehead atoms. The quantitative estimate of drug-likeness (QED) is 0.805. The van der Waals surface area contributed by atoms with Crippen LogP contribution in [0.5, 0.6) is 0 Å². The normalized spacial score (nSPS) is 10.2. The molecule has 4 N–H and O–H groups in total. The van der Waals surface area contributed by atoms with Crippen molar-refractivity contribution in [3.05, 3.63) is 46.1 Å². The van der Waals surface area contributed by atoms with Gasteiger partial charge in [-0.3, -0.25) is 9.89 Å². The molecule has 1 amide bonds. The van der Waals surface area contributed by atoms with E-state index in [0.29, 0.717) is 12.1 Å². The summed E-state index contributed by atoms with van der Waals surface area (Å²) in [6.07, 6.45) is 1.41. The molecule has 1 aromatic carbocycles. The number of hydrogen-bond acceptors (Lipinski definition) is 3. The summed E-state index contributed by atoms with van der Waals surface area (Å²) >= 11 is 3.42. The van der Waals surface area contributed by atoms with Gasteiger partial charge in [0.15, 0.2) is 0 Å². The van der Waals surface area contributed by atoms with Crippen LogP contribution < -0.4 is 11.1 Å². The molecule has 0 saturated carbocycles. The Morgan fingerprint density at radius 3 is 2.88 bits per heavy atom. The van der Waals surface area contributed by atoms with E-state index in [1.165, 1.54) is 6.20 Å². The summed E-state index contributed by atoms with van der Waals surface area (Å²) in [5.41, 5.74) is 6.91. The number of aromatic nitrogens is 2. The van der Waals surface area contributed by atoms with Gasteiger partial charge in [0.25, 0.3) is 5.91 Å². The first-order valence-electron chi connectivity index (χ1n) is 4.99. The third-order valence-electron chi connectivity index (χ3n) is 2.31. The molecular weight excluding hydrogens is 284 g/mol. The second-order valence-electron chi connectivity index (χ2n) is 3.47. The minimum Gasteiger partial charge on any atom is -0.383 e. The molecule has 0 atom stereocenters. The molecule has 17 heavy (non-hydrogen) atoms. The summed E-state index contributed by atoms with van der Waals surface area (Å²) in [7, 11) is 0. The summed E-state index contributed by atoms with van der Waals surface area (Å²) in [6, 6.07) is 7.69. The molecule has 0 unspecified atom stereocenters. The number of aromatic amines is 1. The zero-order valence-electron chi connectivity index (χ0n) is 8.90. The number of halogens is 1. The minimum atomic E-state index is -0.244. The second kappa shape index (κ2) is 5.01. The number of carbonyl (C=O) groups is 1. The molecule has 0 saturated heterocycles. The van der Waals surface area contributed by atoms with Crippen LogP contribution in [-0.2, 0) is 6.54 Å². The number of anilines is 1. The molecule has 2 aromatic rings. The highest BCUT2D eigenvalue weighted by molar-refractivity contribution is 9.10. The number of rotatable bonds is 3. The molecule has 1 heterocycles.